The van der Waals surface area contributed by atoms with Crippen molar-refractivity contribution in [3.05, 3.63) is 47.4 Å². The van der Waals surface area contributed by atoms with E-state index in [9.17, 15) is 9.90 Å². The van der Waals surface area contributed by atoms with Gasteiger partial charge in [0.25, 0.3) is 5.91 Å². The van der Waals surface area contributed by atoms with Crippen molar-refractivity contribution < 1.29 is 14.6 Å². The molecule has 2 aromatic rings. The molecule has 1 atom stereocenters. The third-order valence-corrected chi connectivity index (χ3v) is 3.57. The molecular weight excluding hydrogens is 296 g/mol. The molecule has 1 amide bonds. The highest BCUT2D eigenvalue weighted by atomic mass is 16.5. The van der Waals surface area contributed by atoms with Crippen molar-refractivity contribution in [3.8, 4) is 5.75 Å². The third-order valence-electron chi connectivity index (χ3n) is 3.57. The van der Waals surface area contributed by atoms with E-state index in [1.54, 1.807) is 6.92 Å². The molecule has 1 aromatic carbocycles. The molecule has 1 aliphatic heterocycles. The van der Waals surface area contributed by atoms with E-state index in [2.05, 4.69) is 9.97 Å². The number of aryl methyl sites for hydroxylation is 1. The van der Waals surface area contributed by atoms with E-state index in [1.807, 2.05) is 30.3 Å². The molecule has 3 rings (SSSR count). The summed E-state index contributed by atoms with van der Waals surface area (Å²) in [6.07, 6.45) is -0.791. The minimum absolute atomic E-state index is 0.0753. The van der Waals surface area contributed by atoms with Crippen LogP contribution in [0.2, 0.25) is 0 Å². The number of rotatable bonds is 4. The van der Waals surface area contributed by atoms with E-state index in [0.29, 0.717) is 36.1 Å². The molecule has 0 saturated heterocycles. The first-order valence-electron chi connectivity index (χ1n) is 7.36. The Hall–Kier alpha value is -2.51. The Morgan fingerprint density at radius 2 is 2.04 bits per heavy atom. The topological polar surface area (TPSA) is 102 Å². The number of carbonyl (C=O) groups excluding carboxylic acids is 1. The van der Waals surface area contributed by atoms with Gasteiger partial charge in [0.15, 0.2) is 11.6 Å². The normalized spacial score (nSPS) is 16.9. The summed E-state index contributed by atoms with van der Waals surface area (Å²) in [7, 11) is 0. The maximum atomic E-state index is 12.4. The molecule has 2 heterocycles. The number of amides is 1. The number of fused-ring (bicyclic) bond motifs is 1. The number of hydrogen-bond acceptors (Lipinski definition) is 6. The number of benzene rings is 1. The third kappa shape index (κ3) is 3.01. The summed E-state index contributed by atoms with van der Waals surface area (Å²) in [5.41, 5.74) is 7.32. The summed E-state index contributed by atoms with van der Waals surface area (Å²) in [6, 6.07) is 9.58. The molecule has 1 aliphatic rings. The fourth-order valence-corrected chi connectivity index (χ4v) is 2.54. The molecule has 23 heavy (non-hydrogen) atoms. The van der Waals surface area contributed by atoms with E-state index in [-0.39, 0.29) is 12.5 Å². The molecule has 0 saturated carbocycles. The smallest absolute Gasteiger partial charge is 0.284 e. The molecule has 1 aromatic heterocycles. The summed E-state index contributed by atoms with van der Waals surface area (Å²) in [4.78, 5) is 22.6. The van der Waals surface area contributed by atoms with Crippen LogP contribution >= 0.6 is 0 Å². The van der Waals surface area contributed by atoms with Crippen LogP contribution in [0.15, 0.2) is 30.3 Å². The molecule has 7 nitrogen and oxygen atoms in total. The SMILES string of the molecule is Cc1nc(CCO)c2c(n1)N(Cc1ccccc1)C(=O)C(N)O2. The van der Waals surface area contributed by atoms with Crippen LogP contribution in [-0.2, 0) is 17.8 Å². The van der Waals surface area contributed by atoms with Gasteiger partial charge in [-0.25, -0.2) is 9.97 Å². The van der Waals surface area contributed by atoms with E-state index in [0.717, 1.165) is 5.56 Å². The average Bonchev–Trinajstić information content (AvgIpc) is 2.54. The molecule has 1 unspecified atom stereocenters. The van der Waals surface area contributed by atoms with Gasteiger partial charge in [0.05, 0.1) is 12.2 Å². The van der Waals surface area contributed by atoms with E-state index in [4.69, 9.17) is 10.5 Å². The molecule has 120 valence electrons. The largest absolute Gasteiger partial charge is 0.460 e. The first kappa shape index (κ1) is 15.4. The van der Waals surface area contributed by atoms with E-state index >= 15 is 0 Å². The minimum atomic E-state index is -1.10. The quantitative estimate of drug-likeness (QED) is 0.853. The Kier molecular flexibility index (Phi) is 4.22. The van der Waals surface area contributed by atoms with E-state index < -0.39 is 6.23 Å². The Balaban J connectivity index is 2.05. The zero-order valence-electron chi connectivity index (χ0n) is 12.8. The Morgan fingerprint density at radius 1 is 1.30 bits per heavy atom. The highest BCUT2D eigenvalue weighted by Crippen LogP contribution is 2.35. The van der Waals surface area contributed by atoms with Gasteiger partial charge in [-0.15, -0.1) is 0 Å². The second-order valence-corrected chi connectivity index (χ2v) is 5.29. The summed E-state index contributed by atoms with van der Waals surface area (Å²) in [6.45, 7) is 2.01. The van der Waals surface area contributed by atoms with Gasteiger partial charge in [0.1, 0.15) is 5.82 Å². The van der Waals surface area contributed by atoms with Gasteiger partial charge in [0.2, 0.25) is 6.23 Å². The Labute approximate surface area is 133 Å². The van der Waals surface area contributed by atoms with Crippen molar-refractivity contribution in [2.75, 3.05) is 11.5 Å². The number of hydrogen-bond donors (Lipinski definition) is 2. The van der Waals surface area contributed by atoms with Gasteiger partial charge in [-0.05, 0) is 12.5 Å². The number of aliphatic hydroxyl groups excluding tert-OH is 1. The van der Waals surface area contributed by atoms with Crippen LogP contribution in [0.3, 0.4) is 0 Å². The molecule has 0 spiro atoms. The highest BCUT2D eigenvalue weighted by molar-refractivity contribution is 5.98. The lowest BCUT2D eigenvalue weighted by Gasteiger charge is -2.32. The lowest BCUT2D eigenvalue weighted by Crippen LogP contribution is -2.51. The van der Waals surface area contributed by atoms with Crippen molar-refractivity contribution in [1.82, 2.24) is 9.97 Å². The maximum absolute atomic E-state index is 12.4. The van der Waals surface area contributed by atoms with Gasteiger partial charge < -0.3 is 9.84 Å². The average molecular weight is 314 g/mol. The van der Waals surface area contributed by atoms with Crippen LogP contribution in [0.5, 0.6) is 5.75 Å². The van der Waals surface area contributed by atoms with Crippen LogP contribution in [0.4, 0.5) is 5.82 Å². The first-order valence-corrected chi connectivity index (χ1v) is 7.36. The second kappa shape index (κ2) is 6.31. The fraction of sp³-hybridized carbons (Fsp3) is 0.312. The van der Waals surface area contributed by atoms with Gasteiger partial charge in [-0.3, -0.25) is 15.4 Å². The van der Waals surface area contributed by atoms with Crippen LogP contribution in [0.25, 0.3) is 0 Å². The van der Waals surface area contributed by atoms with Crippen LogP contribution in [0.1, 0.15) is 17.1 Å². The van der Waals surface area contributed by atoms with Crippen LogP contribution in [0, 0.1) is 6.92 Å². The molecule has 3 N–H and O–H groups in total. The van der Waals surface area contributed by atoms with Gasteiger partial charge >= 0.3 is 0 Å². The standard InChI is InChI=1S/C16H18N4O3/c1-10-18-12(7-8-21)13-15(19-10)20(16(22)14(17)23-13)9-11-5-3-2-4-6-11/h2-6,14,21H,7-9,17H2,1H3. The Morgan fingerprint density at radius 3 is 2.74 bits per heavy atom. The molecule has 0 bridgehead atoms. The van der Waals surface area contributed by atoms with Crippen molar-refractivity contribution in [2.45, 2.75) is 26.1 Å². The number of aliphatic hydroxyl groups is 1. The number of nitrogens with zero attached hydrogens (tertiary/aromatic N) is 3. The first-order chi connectivity index (χ1) is 11.1. The number of nitrogens with two attached hydrogens (primary N) is 1. The minimum Gasteiger partial charge on any atom is -0.460 e. The number of aromatic nitrogens is 2. The Bertz CT molecular complexity index is 721. The van der Waals surface area contributed by atoms with Crippen LogP contribution < -0.4 is 15.4 Å². The van der Waals surface area contributed by atoms with Crippen molar-refractivity contribution in [1.29, 1.82) is 0 Å². The molecule has 7 heteroatoms. The van der Waals surface area contributed by atoms with Gasteiger partial charge in [-0.2, -0.15) is 0 Å². The zero-order valence-corrected chi connectivity index (χ0v) is 12.8. The number of anilines is 1. The van der Waals surface area contributed by atoms with Gasteiger partial charge in [-0.1, -0.05) is 30.3 Å². The molecule has 0 radical (unpaired) electrons. The lowest BCUT2D eigenvalue weighted by molar-refractivity contribution is -0.126. The summed E-state index contributed by atoms with van der Waals surface area (Å²) in [5, 5.41) is 9.20. The molecular formula is C16H18N4O3. The fourth-order valence-electron chi connectivity index (χ4n) is 2.54. The predicted octanol–water partition coefficient (Wildman–Crippen LogP) is 0.530. The number of carbonyl (C=O) groups is 1. The zero-order chi connectivity index (χ0) is 16.4. The van der Waals surface area contributed by atoms with Crippen molar-refractivity contribution >= 4 is 11.7 Å². The summed E-state index contributed by atoms with van der Waals surface area (Å²) < 4.78 is 5.50. The van der Waals surface area contributed by atoms with Crippen molar-refractivity contribution in [3.63, 3.8) is 0 Å². The van der Waals surface area contributed by atoms with Crippen molar-refractivity contribution in [2.24, 2.45) is 5.73 Å². The molecule has 0 aliphatic carbocycles. The molecule has 0 fully saturated rings. The maximum Gasteiger partial charge on any atom is 0.284 e. The van der Waals surface area contributed by atoms with Gasteiger partial charge in [0, 0.05) is 13.0 Å². The van der Waals surface area contributed by atoms with Crippen LogP contribution in [-0.4, -0.2) is 33.8 Å². The summed E-state index contributed by atoms with van der Waals surface area (Å²) >= 11 is 0. The lowest BCUT2D eigenvalue weighted by atomic mass is 10.1. The number of ether oxygens (including phenoxy) is 1. The predicted molar refractivity (Wildman–Crippen MR) is 83.8 cm³/mol. The van der Waals surface area contributed by atoms with E-state index in [1.165, 1.54) is 4.90 Å². The highest BCUT2D eigenvalue weighted by Gasteiger charge is 2.35. The second-order valence-electron chi connectivity index (χ2n) is 5.29. The monoisotopic (exact) mass is 314 g/mol. The summed E-state index contributed by atoms with van der Waals surface area (Å²) in [5.74, 6) is 0.927.